The van der Waals surface area contributed by atoms with E-state index in [9.17, 15) is 0 Å². The predicted molar refractivity (Wildman–Crippen MR) is 125 cm³/mol. The summed E-state index contributed by atoms with van der Waals surface area (Å²) in [5.41, 5.74) is 6.54. The van der Waals surface area contributed by atoms with Crippen molar-refractivity contribution >= 4 is 32.6 Å². The fourth-order valence-corrected chi connectivity index (χ4v) is 4.06. The minimum atomic E-state index is 0. The second-order valence-electron chi connectivity index (χ2n) is 7.60. The maximum atomic E-state index is 2.37. The number of halogens is 2. The molecule has 0 unspecified atom stereocenters. The Bertz CT molecular complexity index is 1340. The average Bonchev–Trinajstić information content (AvgIpc) is 3.43. The molecule has 0 spiro atoms. The molecule has 158 valence electrons. The Kier molecular flexibility index (Phi) is 9.45. The Balaban J connectivity index is 0.000000317. The second kappa shape index (κ2) is 11.4. The number of aromatic nitrogens is 1. The van der Waals surface area contributed by atoms with E-state index < -0.39 is 0 Å². The molecule has 0 atom stereocenters. The van der Waals surface area contributed by atoms with Crippen molar-refractivity contribution in [3.63, 3.8) is 0 Å². The molecule has 0 saturated heterocycles. The molecular weight excluding hydrogens is 601 g/mol. The quantitative estimate of drug-likeness (QED) is 0.246. The molecule has 1 nitrogen and oxygen atoms in total. The number of benzene rings is 3. The molecule has 4 heteroatoms. The van der Waals surface area contributed by atoms with Gasteiger partial charge in [0.1, 0.15) is 0 Å². The van der Waals surface area contributed by atoms with E-state index in [0.29, 0.717) is 0 Å². The van der Waals surface area contributed by atoms with Gasteiger partial charge in [-0.15, -0.1) is 41.1 Å². The Morgan fingerprint density at radius 1 is 0.719 bits per heavy atom. The molecule has 0 bridgehead atoms. The summed E-state index contributed by atoms with van der Waals surface area (Å²) in [6.45, 7) is 4.24. The van der Waals surface area contributed by atoms with Gasteiger partial charge in [-0.3, -0.25) is 0 Å². The van der Waals surface area contributed by atoms with E-state index in [1.165, 1.54) is 49.4 Å². The van der Waals surface area contributed by atoms with Gasteiger partial charge in [-0.05, 0) is 17.8 Å². The Morgan fingerprint density at radius 2 is 1.28 bits per heavy atom. The summed E-state index contributed by atoms with van der Waals surface area (Å²) >= 11 is 0. The maximum Gasteiger partial charge on any atom is 4.00 e. The van der Waals surface area contributed by atoms with Gasteiger partial charge < -0.3 is 38.5 Å². The van der Waals surface area contributed by atoms with Crippen molar-refractivity contribution < 1.29 is 60.2 Å². The van der Waals surface area contributed by atoms with Crippen LogP contribution in [0.15, 0.2) is 103 Å². The number of para-hydroxylation sites is 2. The monoisotopic (exact) mass is 621 g/mol. The average molecular weight is 625 g/mol. The summed E-state index contributed by atoms with van der Waals surface area (Å²) in [5, 5.41) is 5.20. The molecule has 0 N–H and O–H groups in total. The number of hydrogen-bond acceptors (Lipinski definition) is 0. The van der Waals surface area contributed by atoms with Gasteiger partial charge >= 0.3 is 26.2 Å². The zero-order valence-corrected chi connectivity index (χ0v) is 23.6. The van der Waals surface area contributed by atoms with E-state index >= 15 is 0 Å². The molecule has 0 aliphatic rings. The zero-order chi connectivity index (χ0) is 19.8. The standard InChI is InChI=1S/C21H14N.C7H9.2BrH.Zr/c1-2-8-16-14-17(13-15(16)7-1)22-20-11-5-3-9-18(20)19-10-4-6-12-21(19)22;1-6-4-3-5-7(6)2;;;/h1-14H;3-5H,1-2H3;2*1H;/q2*-1;;;+4/p-2. The molecule has 32 heavy (non-hydrogen) atoms. The fraction of sp³-hybridized carbons (Fsp3) is 0.0714. The van der Waals surface area contributed by atoms with Gasteiger partial charge in [0.15, 0.2) is 0 Å². The number of nitrogens with zero attached hydrogens (tertiary/aromatic N) is 1. The van der Waals surface area contributed by atoms with Crippen LogP contribution in [0.2, 0.25) is 0 Å². The summed E-state index contributed by atoms with van der Waals surface area (Å²) in [6.07, 6.45) is 0. The van der Waals surface area contributed by atoms with Crippen molar-refractivity contribution in [2.75, 3.05) is 0 Å². The smallest absolute Gasteiger partial charge is 1.00 e. The van der Waals surface area contributed by atoms with E-state index in [1.807, 2.05) is 0 Å². The largest absolute Gasteiger partial charge is 4.00 e. The van der Waals surface area contributed by atoms with Crippen LogP contribution in [0.25, 0.3) is 38.3 Å². The molecule has 1 aromatic heterocycles. The minimum absolute atomic E-state index is 0. The molecule has 0 aliphatic carbocycles. The van der Waals surface area contributed by atoms with Crippen LogP contribution in [0.4, 0.5) is 0 Å². The minimum Gasteiger partial charge on any atom is -1.00 e. The molecule has 5 aromatic carbocycles. The van der Waals surface area contributed by atoms with Crippen LogP contribution in [0.3, 0.4) is 0 Å². The molecule has 1 heterocycles. The van der Waals surface area contributed by atoms with Crippen LogP contribution < -0.4 is 34.0 Å². The Hall–Kier alpha value is -1.74. The van der Waals surface area contributed by atoms with E-state index in [4.69, 9.17) is 0 Å². The van der Waals surface area contributed by atoms with Crippen LogP contribution in [-0.4, -0.2) is 4.57 Å². The molecular formula is C28H23Br2NZr. The summed E-state index contributed by atoms with van der Waals surface area (Å²) in [5.74, 6) is 0. The molecule has 0 saturated carbocycles. The first-order chi connectivity index (χ1) is 14.2. The van der Waals surface area contributed by atoms with E-state index in [-0.39, 0.29) is 60.2 Å². The topological polar surface area (TPSA) is 4.93 Å². The van der Waals surface area contributed by atoms with Gasteiger partial charge in [-0.25, -0.2) is 12.1 Å². The Morgan fingerprint density at radius 3 is 1.78 bits per heavy atom. The van der Waals surface area contributed by atoms with E-state index in [1.54, 1.807) is 0 Å². The van der Waals surface area contributed by atoms with Crippen molar-refractivity contribution in [2.24, 2.45) is 0 Å². The summed E-state index contributed by atoms with van der Waals surface area (Å²) in [7, 11) is 0. The summed E-state index contributed by atoms with van der Waals surface area (Å²) in [4.78, 5) is 0. The van der Waals surface area contributed by atoms with Crippen LogP contribution in [0, 0.1) is 13.8 Å². The molecule has 0 aliphatic heterocycles. The summed E-state index contributed by atoms with van der Waals surface area (Å²) in [6, 6.07) is 36.7. The third kappa shape index (κ3) is 4.93. The van der Waals surface area contributed by atoms with Gasteiger partial charge in [0.2, 0.25) is 0 Å². The Labute approximate surface area is 229 Å². The van der Waals surface area contributed by atoms with Crippen LogP contribution >= 0.6 is 0 Å². The van der Waals surface area contributed by atoms with Crippen LogP contribution in [0.1, 0.15) is 11.1 Å². The number of hydrogen-bond donors (Lipinski definition) is 0. The van der Waals surface area contributed by atoms with Crippen LogP contribution in [0.5, 0.6) is 0 Å². The third-order valence-corrected chi connectivity index (χ3v) is 5.76. The number of aryl methyl sites for hydroxylation is 2. The number of rotatable bonds is 1. The maximum absolute atomic E-state index is 2.37. The first kappa shape index (κ1) is 26.5. The molecule has 0 fully saturated rings. The van der Waals surface area contributed by atoms with Crippen molar-refractivity contribution in [2.45, 2.75) is 13.8 Å². The normalized spacial score (nSPS) is 10.1. The van der Waals surface area contributed by atoms with Gasteiger partial charge in [0, 0.05) is 10.8 Å². The number of fused-ring (bicyclic) bond motifs is 4. The zero-order valence-electron chi connectivity index (χ0n) is 18.0. The van der Waals surface area contributed by atoms with Gasteiger partial charge in [-0.2, -0.15) is 17.2 Å². The van der Waals surface area contributed by atoms with Gasteiger partial charge in [0.05, 0.1) is 11.0 Å². The van der Waals surface area contributed by atoms with Crippen molar-refractivity contribution in [1.29, 1.82) is 0 Å². The van der Waals surface area contributed by atoms with E-state index in [0.717, 1.165) is 0 Å². The summed E-state index contributed by atoms with van der Waals surface area (Å²) < 4.78 is 2.37. The SMILES string of the molecule is Cc1ccc[c-]1C.[Br-].[Br-].[Zr+4].c1ccc2[cH-]c(-n3c4ccccc4c4ccccc43)cc2c1. The van der Waals surface area contributed by atoms with Crippen LogP contribution in [-0.2, 0) is 26.2 Å². The molecule has 6 rings (SSSR count). The third-order valence-electron chi connectivity index (χ3n) is 5.76. The molecule has 0 amide bonds. The van der Waals surface area contributed by atoms with Gasteiger partial charge in [0.25, 0.3) is 0 Å². The van der Waals surface area contributed by atoms with Crippen molar-refractivity contribution in [3.05, 3.63) is 114 Å². The molecule has 6 aromatic rings. The first-order valence-electron chi connectivity index (χ1n) is 10.1. The fourth-order valence-electron chi connectivity index (χ4n) is 4.06. The van der Waals surface area contributed by atoms with E-state index in [2.05, 4.69) is 122 Å². The molecule has 0 radical (unpaired) electrons. The second-order valence-corrected chi connectivity index (χ2v) is 7.60. The van der Waals surface area contributed by atoms with Crippen molar-refractivity contribution in [3.8, 4) is 5.69 Å². The van der Waals surface area contributed by atoms with Gasteiger partial charge in [-0.1, -0.05) is 56.3 Å². The predicted octanol–water partition coefficient (Wildman–Crippen LogP) is 1.68. The first-order valence-corrected chi connectivity index (χ1v) is 10.1. The van der Waals surface area contributed by atoms with Crippen molar-refractivity contribution in [1.82, 2.24) is 4.57 Å².